The average molecular weight is 373 g/mol. The molecular formula is C22H36BNO3. The van der Waals surface area contributed by atoms with Gasteiger partial charge in [-0.3, -0.25) is 4.90 Å². The van der Waals surface area contributed by atoms with Crippen molar-refractivity contribution in [3.63, 3.8) is 0 Å². The molecule has 0 aromatic heterocycles. The SMILES string of the molecule is CCC1CCCCCN1CCOc1cccc(B2OC(C)(C)C(C)(C)O2)c1. The average Bonchev–Trinajstić information content (AvgIpc) is 2.78. The largest absolute Gasteiger partial charge is 0.494 e. The fourth-order valence-electron chi connectivity index (χ4n) is 4.00. The molecule has 1 aromatic carbocycles. The molecular weight excluding hydrogens is 337 g/mol. The van der Waals surface area contributed by atoms with E-state index >= 15 is 0 Å². The second-order valence-corrected chi connectivity index (χ2v) is 8.96. The second kappa shape index (κ2) is 8.54. The minimum Gasteiger partial charge on any atom is -0.492 e. The molecule has 150 valence electrons. The fourth-order valence-corrected chi connectivity index (χ4v) is 4.00. The number of ether oxygens (including phenoxy) is 1. The summed E-state index contributed by atoms with van der Waals surface area (Å²) in [5.74, 6) is 0.894. The molecule has 2 aliphatic heterocycles. The summed E-state index contributed by atoms with van der Waals surface area (Å²) in [4.78, 5) is 2.62. The third-order valence-corrected chi connectivity index (χ3v) is 6.50. The zero-order valence-electron chi connectivity index (χ0n) is 17.8. The van der Waals surface area contributed by atoms with Crippen LogP contribution in [0.25, 0.3) is 0 Å². The Bertz CT molecular complexity index is 603. The molecule has 0 aliphatic carbocycles. The number of hydrogen-bond acceptors (Lipinski definition) is 4. The predicted octanol–water partition coefficient (Wildman–Crippen LogP) is 4.02. The molecule has 3 rings (SSSR count). The minimum absolute atomic E-state index is 0.323. The highest BCUT2D eigenvalue weighted by molar-refractivity contribution is 6.62. The van der Waals surface area contributed by atoms with Gasteiger partial charge in [0, 0.05) is 12.6 Å². The number of benzene rings is 1. The van der Waals surface area contributed by atoms with Crippen LogP contribution in [-0.2, 0) is 9.31 Å². The van der Waals surface area contributed by atoms with Crippen molar-refractivity contribution in [1.29, 1.82) is 0 Å². The van der Waals surface area contributed by atoms with E-state index < -0.39 is 0 Å². The van der Waals surface area contributed by atoms with Crippen LogP contribution < -0.4 is 10.2 Å². The summed E-state index contributed by atoms with van der Waals surface area (Å²) >= 11 is 0. The van der Waals surface area contributed by atoms with Crippen molar-refractivity contribution in [1.82, 2.24) is 4.90 Å². The maximum atomic E-state index is 6.16. The summed E-state index contributed by atoms with van der Waals surface area (Å²) in [5.41, 5.74) is 0.375. The molecule has 4 nitrogen and oxygen atoms in total. The van der Waals surface area contributed by atoms with E-state index in [4.69, 9.17) is 14.0 Å². The van der Waals surface area contributed by atoms with Crippen molar-refractivity contribution < 1.29 is 14.0 Å². The Hall–Kier alpha value is -1.04. The van der Waals surface area contributed by atoms with Crippen LogP contribution in [-0.4, -0.2) is 49.0 Å². The lowest BCUT2D eigenvalue weighted by Crippen LogP contribution is -2.41. The number of nitrogens with zero attached hydrogens (tertiary/aromatic N) is 1. The molecule has 5 heteroatoms. The minimum atomic E-state index is -0.339. The molecule has 0 saturated carbocycles. The van der Waals surface area contributed by atoms with Gasteiger partial charge in [-0.05, 0) is 71.1 Å². The van der Waals surface area contributed by atoms with Crippen LogP contribution >= 0.6 is 0 Å². The Labute approximate surface area is 165 Å². The third kappa shape index (κ3) is 4.88. The van der Waals surface area contributed by atoms with Gasteiger partial charge in [0.2, 0.25) is 0 Å². The Balaban J connectivity index is 1.57. The summed E-state index contributed by atoms with van der Waals surface area (Å²) in [6, 6.07) is 8.87. The van der Waals surface area contributed by atoms with Crippen LogP contribution in [0.2, 0.25) is 0 Å². The topological polar surface area (TPSA) is 30.9 Å². The van der Waals surface area contributed by atoms with Crippen molar-refractivity contribution in [3.8, 4) is 5.75 Å². The van der Waals surface area contributed by atoms with Crippen LogP contribution in [0, 0.1) is 0 Å². The van der Waals surface area contributed by atoms with E-state index in [0.29, 0.717) is 6.04 Å². The van der Waals surface area contributed by atoms with Gasteiger partial charge >= 0.3 is 7.12 Å². The number of likely N-dealkylation sites (tertiary alicyclic amines) is 1. The van der Waals surface area contributed by atoms with Crippen LogP contribution in [0.5, 0.6) is 5.75 Å². The van der Waals surface area contributed by atoms with E-state index in [1.165, 1.54) is 38.6 Å². The summed E-state index contributed by atoms with van der Waals surface area (Å²) in [6.45, 7) is 13.6. The first-order valence-electron chi connectivity index (χ1n) is 10.6. The molecule has 0 N–H and O–H groups in total. The van der Waals surface area contributed by atoms with Crippen LogP contribution in [0.4, 0.5) is 0 Å². The van der Waals surface area contributed by atoms with Gasteiger partial charge in [0.15, 0.2) is 0 Å². The monoisotopic (exact) mass is 373 g/mol. The highest BCUT2D eigenvalue weighted by atomic mass is 16.7. The Morgan fingerprint density at radius 1 is 1.11 bits per heavy atom. The zero-order valence-corrected chi connectivity index (χ0v) is 17.8. The third-order valence-electron chi connectivity index (χ3n) is 6.50. The summed E-state index contributed by atoms with van der Waals surface area (Å²) in [5, 5.41) is 0. The van der Waals surface area contributed by atoms with Crippen LogP contribution in [0.3, 0.4) is 0 Å². The van der Waals surface area contributed by atoms with E-state index in [0.717, 1.165) is 24.4 Å². The first-order valence-corrected chi connectivity index (χ1v) is 10.6. The normalized spacial score (nSPS) is 25.4. The molecule has 2 fully saturated rings. The van der Waals surface area contributed by atoms with Gasteiger partial charge in [-0.1, -0.05) is 31.9 Å². The van der Waals surface area contributed by atoms with Crippen molar-refractivity contribution in [2.45, 2.75) is 84.0 Å². The number of rotatable bonds is 6. The molecule has 2 heterocycles. The number of hydrogen-bond donors (Lipinski definition) is 0. The first-order chi connectivity index (χ1) is 12.8. The van der Waals surface area contributed by atoms with Crippen LogP contribution in [0.1, 0.15) is 66.7 Å². The maximum absolute atomic E-state index is 6.16. The molecule has 1 atom stereocenters. The van der Waals surface area contributed by atoms with Gasteiger partial charge in [-0.15, -0.1) is 0 Å². The van der Waals surface area contributed by atoms with E-state index in [1.54, 1.807) is 0 Å². The van der Waals surface area contributed by atoms with Crippen molar-refractivity contribution in [3.05, 3.63) is 24.3 Å². The lowest BCUT2D eigenvalue weighted by Gasteiger charge is -2.32. The molecule has 0 bridgehead atoms. The zero-order chi connectivity index (χ0) is 19.5. The van der Waals surface area contributed by atoms with Gasteiger partial charge in [0.25, 0.3) is 0 Å². The fraction of sp³-hybridized carbons (Fsp3) is 0.727. The summed E-state index contributed by atoms with van der Waals surface area (Å²) in [7, 11) is -0.339. The van der Waals surface area contributed by atoms with E-state index in [-0.39, 0.29) is 18.3 Å². The molecule has 1 aromatic rings. The first kappa shape index (κ1) is 20.7. The molecule has 1 unspecified atom stereocenters. The molecule has 27 heavy (non-hydrogen) atoms. The maximum Gasteiger partial charge on any atom is 0.494 e. The lowest BCUT2D eigenvalue weighted by atomic mass is 9.79. The van der Waals surface area contributed by atoms with Gasteiger partial charge in [-0.25, -0.2) is 0 Å². The molecule has 0 amide bonds. The van der Waals surface area contributed by atoms with Gasteiger partial charge in [0.1, 0.15) is 12.4 Å². The van der Waals surface area contributed by atoms with Crippen molar-refractivity contribution >= 4 is 12.6 Å². The Kier molecular flexibility index (Phi) is 6.55. The van der Waals surface area contributed by atoms with Gasteiger partial charge < -0.3 is 14.0 Å². The molecule has 2 saturated heterocycles. The van der Waals surface area contributed by atoms with Gasteiger partial charge in [-0.2, -0.15) is 0 Å². The lowest BCUT2D eigenvalue weighted by molar-refractivity contribution is 0.00578. The van der Waals surface area contributed by atoms with E-state index in [9.17, 15) is 0 Å². The van der Waals surface area contributed by atoms with Gasteiger partial charge in [0.05, 0.1) is 11.2 Å². The smallest absolute Gasteiger partial charge is 0.492 e. The highest BCUT2D eigenvalue weighted by Crippen LogP contribution is 2.36. The molecule has 2 aliphatic rings. The highest BCUT2D eigenvalue weighted by Gasteiger charge is 2.51. The van der Waals surface area contributed by atoms with Crippen LogP contribution in [0.15, 0.2) is 24.3 Å². The molecule has 0 spiro atoms. The summed E-state index contributed by atoms with van der Waals surface area (Å²) < 4.78 is 18.4. The van der Waals surface area contributed by atoms with Crippen molar-refractivity contribution in [2.24, 2.45) is 0 Å². The Morgan fingerprint density at radius 3 is 2.56 bits per heavy atom. The van der Waals surface area contributed by atoms with E-state index in [1.807, 2.05) is 12.1 Å². The second-order valence-electron chi connectivity index (χ2n) is 8.96. The predicted molar refractivity (Wildman–Crippen MR) is 112 cm³/mol. The molecule has 0 radical (unpaired) electrons. The van der Waals surface area contributed by atoms with E-state index in [2.05, 4.69) is 51.7 Å². The summed E-state index contributed by atoms with van der Waals surface area (Å²) in [6.07, 6.45) is 6.61. The standard InChI is InChI=1S/C22H36BNO3/c1-6-19-12-8-7-9-14-24(19)15-16-25-20-13-10-11-18(17-20)23-26-21(2,3)22(4,5)27-23/h10-11,13,17,19H,6-9,12,14-16H2,1-5H3. The van der Waals surface area contributed by atoms with Crippen molar-refractivity contribution in [2.75, 3.05) is 19.7 Å². The Morgan fingerprint density at radius 2 is 1.85 bits per heavy atom. The quantitative estimate of drug-likeness (QED) is 0.705.